The molecule has 0 radical (unpaired) electrons. The van der Waals surface area contributed by atoms with Gasteiger partial charge in [-0.3, -0.25) is 4.98 Å². The molecule has 0 aliphatic carbocycles. The summed E-state index contributed by atoms with van der Waals surface area (Å²) in [5.74, 6) is 1.08. The molecule has 0 amide bonds. The van der Waals surface area contributed by atoms with E-state index in [9.17, 15) is 5.11 Å². The van der Waals surface area contributed by atoms with Crippen molar-refractivity contribution in [2.45, 2.75) is 32.9 Å². The molecule has 2 aromatic carbocycles. The Labute approximate surface area is 210 Å². The van der Waals surface area contributed by atoms with Crippen molar-refractivity contribution < 1.29 is 9.84 Å². The van der Waals surface area contributed by atoms with E-state index in [0.29, 0.717) is 11.7 Å². The topological polar surface area (TPSA) is 62.5 Å². The predicted octanol–water partition coefficient (Wildman–Crippen LogP) is 5.77. The van der Waals surface area contributed by atoms with Crippen LogP contribution < -0.4 is 15.0 Å². The van der Waals surface area contributed by atoms with E-state index >= 15 is 0 Å². The molecule has 2 N–H and O–H groups in total. The maximum absolute atomic E-state index is 9.77. The number of aryl methyl sites for hydroxylation is 1. The van der Waals surface area contributed by atoms with Crippen LogP contribution in [0, 0.1) is 13.8 Å². The Morgan fingerprint density at radius 3 is 2.37 bits per heavy atom. The number of hydrogen-bond acceptors (Lipinski definition) is 4. The highest BCUT2D eigenvalue weighted by Crippen LogP contribution is 2.44. The quantitative estimate of drug-likeness (QED) is 0.339. The van der Waals surface area contributed by atoms with Gasteiger partial charge < -0.3 is 24.6 Å². The maximum Gasteiger partial charge on any atom is 0.174 e. The number of pyridine rings is 1. The van der Waals surface area contributed by atoms with Crippen molar-refractivity contribution in [3.05, 3.63) is 102 Å². The van der Waals surface area contributed by atoms with E-state index in [1.165, 1.54) is 0 Å². The number of ether oxygens (including phenoxy) is 1. The third kappa shape index (κ3) is 4.23. The van der Waals surface area contributed by atoms with E-state index in [4.69, 9.17) is 17.0 Å². The number of nitrogens with one attached hydrogen (secondary N) is 1. The highest BCUT2D eigenvalue weighted by molar-refractivity contribution is 7.80. The number of aromatic hydroxyl groups is 1. The standard InChI is InChI=1S/C28H28N4O2S/c1-4-34-23-14-10-21(11-15-23)32-27(26(30-28(32)35)25-7-5-6-16-29-25)24-17-18(2)31(19(24)3)20-8-12-22(33)13-9-20/h5-17,26-27,33H,4H2,1-3H3,(H,30,35)/t26-,27-/m0/s1. The molecule has 0 spiro atoms. The lowest BCUT2D eigenvalue weighted by Gasteiger charge is -2.28. The average Bonchev–Trinajstić information content (AvgIpc) is 3.36. The number of anilines is 1. The third-order valence-electron chi connectivity index (χ3n) is 6.42. The number of phenols is 1. The lowest BCUT2D eigenvalue weighted by atomic mass is 9.96. The normalized spacial score (nSPS) is 17.5. The van der Waals surface area contributed by atoms with Crippen molar-refractivity contribution in [3.63, 3.8) is 0 Å². The Kier molecular flexibility index (Phi) is 6.17. The van der Waals surface area contributed by atoms with E-state index in [-0.39, 0.29) is 17.8 Å². The van der Waals surface area contributed by atoms with E-state index in [1.54, 1.807) is 12.1 Å². The predicted molar refractivity (Wildman–Crippen MR) is 142 cm³/mol. The molecule has 5 rings (SSSR count). The van der Waals surface area contributed by atoms with Gasteiger partial charge in [0.2, 0.25) is 0 Å². The van der Waals surface area contributed by atoms with Crippen LogP contribution in [0.2, 0.25) is 0 Å². The minimum Gasteiger partial charge on any atom is -0.508 e. The SMILES string of the molecule is CCOc1ccc(N2C(=S)N[C@@H](c3ccccn3)[C@@H]2c2cc(C)n(-c3ccc(O)cc3)c2C)cc1. The Balaban J connectivity index is 1.63. The molecule has 35 heavy (non-hydrogen) atoms. The zero-order chi connectivity index (χ0) is 24.5. The van der Waals surface area contributed by atoms with Crippen LogP contribution in [-0.2, 0) is 0 Å². The fraction of sp³-hybridized carbons (Fsp3) is 0.214. The Morgan fingerprint density at radius 1 is 1.00 bits per heavy atom. The first-order valence-corrected chi connectivity index (χ1v) is 12.1. The lowest BCUT2D eigenvalue weighted by Crippen LogP contribution is -2.29. The maximum atomic E-state index is 9.77. The molecule has 0 saturated carbocycles. The van der Waals surface area contributed by atoms with Gasteiger partial charge in [-0.05, 0) is 105 Å². The zero-order valence-corrected chi connectivity index (χ0v) is 20.8. The molecule has 6 nitrogen and oxygen atoms in total. The van der Waals surface area contributed by atoms with Crippen molar-refractivity contribution in [2.24, 2.45) is 0 Å². The first-order chi connectivity index (χ1) is 17.0. The molecule has 1 aliphatic heterocycles. The molecule has 1 fully saturated rings. The number of nitrogens with zero attached hydrogens (tertiary/aromatic N) is 3. The van der Waals surface area contributed by atoms with Crippen LogP contribution in [0.5, 0.6) is 11.5 Å². The highest BCUT2D eigenvalue weighted by atomic mass is 32.1. The van der Waals surface area contributed by atoms with E-state index in [0.717, 1.165) is 39.8 Å². The Morgan fingerprint density at radius 2 is 1.71 bits per heavy atom. The Hall–Kier alpha value is -3.84. The van der Waals surface area contributed by atoms with Crippen molar-refractivity contribution in [1.29, 1.82) is 0 Å². The van der Waals surface area contributed by atoms with Crippen LogP contribution >= 0.6 is 12.2 Å². The van der Waals surface area contributed by atoms with Gasteiger partial charge in [-0.25, -0.2) is 0 Å². The minimum atomic E-state index is -0.121. The van der Waals surface area contributed by atoms with E-state index in [2.05, 4.69) is 39.7 Å². The molecule has 0 unspecified atom stereocenters. The second-order valence-corrected chi connectivity index (χ2v) is 8.99. The van der Waals surface area contributed by atoms with Gasteiger partial charge in [-0.1, -0.05) is 6.07 Å². The number of phenolic OH excluding ortho intramolecular Hbond substituents is 1. The molecular weight excluding hydrogens is 456 g/mol. The molecule has 1 aliphatic rings. The van der Waals surface area contributed by atoms with Gasteiger partial charge in [0.25, 0.3) is 0 Å². The van der Waals surface area contributed by atoms with Crippen LogP contribution in [-0.4, -0.2) is 26.4 Å². The molecule has 0 bridgehead atoms. The summed E-state index contributed by atoms with van der Waals surface area (Å²) in [5.41, 5.74) is 6.30. The molecule has 7 heteroatoms. The van der Waals surface area contributed by atoms with Crippen LogP contribution in [0.1, 0.15) is 41.7 Å². The fourth-order valence-corrected chi connectivity index (χ4v) is 5.25. The summed E-state index contributed by atoms with van der Waals surface area (Å²) in [6.07, 6.45) is 1.82. The molecule has 4 aromatic rings. The van der Waals surface area contributed by atoms with Gasteiger partial charge in [-0.15, -0.1) is 0 Å². The van der Waals surface area contributed by atoms with E-state index < -0.39 is 0 Å². The second kappa shape index (κ2) is 9.43. The summed E-state index contributed by atoms with van der Waals surface area (Å²) in [5, 5.41) is 14.0. The molecular formula is C28H28N4O2S. The number of thiocarbonyl (C=S) groups is 1. The number of aromatic nitrogens is 2. The summed E-state index contributed by atoms with van der Waals surface area (Å²) in [4.78, 5) is 6.83. The van der Waals surface area contributed by atoms with Crippen LogP contribution in [0.15, 0.2) is 79.0 Å². The first kappa shape index (κ1) is 22.9. The van der Waals surface area contributed by atoms with Crippen LogP contribution in [0.25, 0.3) is 5.69 Å². The van der Waals surface area contributed by atoms with Crippen LogP contribution in [0.4, 0.5) is 5.69 Å². The summed E-state index contributed by atoms with van der Waals surface area (Å²) in [7, 11) is 0. The highest BCUT2D eigenvalue weighted by Gasteiger charge is 2.42. The summed E-state index contributed by atoms with van der Waals surface area (Å²) in [6.45, 7) is 6.82. The van der Waals surface area contributed by atoms with Gasteiger partial charge >= 0.3 is 0 Å². The monoisotopic (exact) mass is 484 g/mol. The fourth-order valence-electron chi connectivity index (χ4n) is 4.90. The van der Waals surface area contributed by atoms with Gasteiger partial charge in [0, 0.05) is 29.0 Å². The minimum absolute atomic E-state index is 0.104. The molecule has 2 atom stereocenters. The van der Waals surface area contributed by atoms with Gasteiger partial charge in [0.05, 0.1) is 24.4 Å². The lowest BCUT2D eigenvalue weighted by molar-refractivity contribution is 0.340. The van der Waals surface area contributed by atoms with Crippen molar-refractivity contribution in [2.75, 3.05) is 11.5 Å². The second-order valence-electron chi connectivity index (χ2n) is 8.60. The smallest absolute Gasteiger partial charge is 0.174 e. The molecule has 3 heterocycles. The molecule has 2 aromatic heterocycles. The number of hydrogen-bond donors (Lipinski definition) is 2. The largest absolute Gasteiger partial charge is 0.508 e. The first-order valence-electron chi connectivity index (χ1n) is 11.7. The van der Waals surface area contributed by atoms with Gasteiger partial charge in [-0.2, -0.15) is 0 Å². The summed E-state index contributed by atoms with van der Waals surface area (Å²) < 4.78 is 7.86. The molecule has 1 saturated heterocycles. The summed E-state index contributed by atoms with van der Waals surface area (Å²) in [6, 6.07) is 23.3. The van der Waals surface area contributed by atoms with Crippen molar-refractivity contribution in [3.8, 4) is 17.2 Å². The van der Waals surface area contributed by atoms with Gasteiger partial charge in [0.1, 0.15) is 11.5 Å². The van der Waals surface area contributed by atoms with Gasteiger partial charge in [0.15, 0.2) is 5.11 Å². The summed E-state index contributed by atoms with van der Waals surface area (Å²) >= 11 is 5.87. The third-order valence-corrected chi connectivity index (χ3v) is 6.74. The van der Waals surface area contributed by atoms with Crippen LogP contribution in [0.3, 0.4) is 0 Å². The average molecular weight is 485 g/mol. The Bertz CT molecular complexity index is 1330. The number of benzene rings is 2. The number of rotatable bonds is 6. The van der Waals surface area contributed by atoms with Crippen molar-refractivity contribution >= 4 is 23.0 Å². The molecule has 178 valence electrons. The zero-order valence-electron chi connectivity index (χ0n) is 20.0. The van der Waals surface area contributed by atoms with Crippen molar-refractivity contribution in [1.82, 2.24) is 14.9 Å². The van der Waals surface area contributed by atoms with E-state index in [1.807, 2.05) is 67.7 Å².